The fourth-order valence-corrected chi connectivity index (χ4v) is 6.41. The van der Waals surface area contributed by atoms with E-state index in [0.717, 1.165) is 59.1 Å². The molecule has 4 aromatic heterocycles. The molecule has 2 aliphatic rings. The number of nitrogens with zero attached hydrogens (tertiary/aromatic N) is 5. The first kappa shape index (κ1) is 22.0. The van der Waals surface area contributed by atoms with Crippen molar-refractivity contribution in [1.29, 1.82) is 0 Å². The second kappa shape index (κ2) is 7.86. The number of carbonyl (C=O) groups excluding carboxylic acids is 1. The summed E-state index contributed by atoms with van der Waals surface area (Å²) in [4.78, 5) is 25.2. The van der Waals surface area contributed by atoms with Crippen LogP contribution in [0.4, 0.5) is 0 Å². The Labute approximate surface area is 212 Å². The maximum absolute atomic E-state index is 13.1. The quantitative estimate of drug-likeness (QED) is 0.396. The zero-order chi connectivity index (χ0) is 25.3. The van der Waals surface area contributed by atoms with E-state index < -0.39 is 0 Å². The van der Waals surface area contributed by atoms with E-state index in [9.17, 15) is 9.59 Å². The minimum atomic E-state index is -0.143. The highest BCUT2D eigenvalue weighted by atomic mass is 16.1. The van der Waals surface area contributed by atoms with Crippen molar-refractivity contribution in [2.24, 2.45) is 12.5 Å². The zero-order valence-corrected chi connectivity index (χ0v) is 20.7. The SMILES string of the molecule is Cc1c(-c2ccc3c(C(=O)N[C@H]4CC5(C4)C[C@H](c4n[nH]c(=O)c6ccccc64)C5)cnn3c2)cnn1C. The number of benzene rings is 1. The van der Waals surface area contributed by atoms with E-state index in [0.29, 0.717) is 16.9 Å². The number of hydrogen-bond donors (Lipinski definition) is 2. The topological polar surface area (TPSA) is 110 Å². The van der Waals surface area contributed by atoms with Crippen LogP contribution in [-0.2, 0) is 7.05 Å². The Morgan fingerprint density at radius 3 is 2.59 bits per heavy atom. The molecule has 186 valence electrons. The number of H-pyrrole nitrogens is 1. The molecule has 1 spiro atoms. The lowest BCUT2D eigenvalue weighted by molar-refractivity contribution is -0.0196. The molecule has 1 aromatic carbocycles. The van der Waals surface area contributed by atoms with Crippen molar-refractivity contribution >= 4 is 22.2 Å². The molecule has 0 radical (unpaired) electrons. The third-order valence-corrected chi connectivity index (χ3v) is 8.47. The van der Waals surface area contributed by atoms with E-state index in [1.165, 1.54) is 0 Å². The number of nitrogens with one attached hydrogen (secondary N) is 2. The minimum absolute atomic E-state index is 0.0793. The van der Waals surface area contributed by atoms with E-state index in [-0.39, 0.29) is 22.9 Å². The molecule has 1 amide bonds. The molecule has 0 unspecified atom stereocenters. The molecule has 5 aromatic rings. The average Bonchev–Trinajstić information content (AvgIpc) is 3.43. The van der Waals surface area contributed by atoms with Gasteiger partial charge in [-0.25, -0.2) is 9.61 Å². The lowest BCUT2D eigenvalue weighted by Gasteiger charge is -2.57. The third-order valence-electron chi connectivity index (χ3n) is 8.47. The molecular weight excluding hydrogens is 466 g/mol. The summed E-state index contributed by atoms with van der Waals surface area (Å²) in [6.45, 7) is 2.03. The molecule has 37 heavy (non-hydrogen) atoms. The molecule has 2 N–H and O–H groups in total. The van der Waals surface area contributed by atoms with Crippen LogP contribution in [0.2, 0.25) is 0 Å². The van der Waals surface area contributed by atoms with Crippen molar-refractivity contribution < 1.29 is 4.79 Å². The van der Waals surface area contributed by atoms with Gasteiger partial charge in [-0.05, 0) is 50.2 Å². The second-order valence-electron chi connectivity index (χ2n) is 10.7. The largest absolute Gasteiger partial charge is 0.349 e. The number of aromatic nitrogens is 6. The maximum Gasteiger partial charge on any atom is 0.272 e. The van der Waals surface area contributed by atoms with Crippen molar-refractivity contribution in [3.8, 4) is 11.1 Å². The van der Waals surface area contributed by atoms with Gasteiger partial charge in [0, 0.05) is 47.4 Å². The highest BCUT2D eigenvalue weighted by Crippen LogP contribution is 2.62. The van der Waals surface area contributed by atoms with Crippen molar-refractivity contribution in [2.45, 2.75) is 44.6 Å². The number of aryl methyl sites for hydroxylation is 1. The zero-order valence-electron chi connectivity index (χ0n) is 20.7. The van der Waals surface area contributed by atoms with Crippen LogP contribution in [0.1, 0.15) is 53.3 Å². The van der Waals surface area contributed by atoms with E-state index in [1.807, 2.05) is 67.4 Å². The van der Waals surface area contributed by atoms with Crippen LogP contribution in [0.15, 0.2) is 59.8 Å². The normalized spacial score (nSPS) is 22.8. The average molecular weight is 494 g/mol. The molecular formula is C28H27N7O2. The Morgan fingerprint density at radius 1 is 1.05 bits per heavy atom. The number of amides is 1. The Kier molecular flexibility index (Phi) is 4.67. The summed E-state index contributed by atoms with van der Waals surface area (Å²) in [5.41, 5.74) is 5.62. The second-order valence-corrected chi connectivity index (χ2v) is 10.7. The fraction of sp³-hybridized carbons (Fsp3) is 0.321. The summed E-state index contributed by atoms with van der Waals surface area (Å²) in [6, 6.07) is 11.8. The maximum atomic E-state index is 13.1. The van der Waals surface area contributed by atoms with Gasteiger partial charge in [0.05, 0.1) is 34.6 Å². The van der Waals surface area contributed by atoms with Crippen LogP contribution in [-0.4, -0.2) is 41.5 Å². The highest BCUT2D eigenvalue weighted by molar-refractivity contribution is 6.01. The molecule has 2 saturated carbocycles. The van der Waals surface area contributed by atoms with Gasteiger partial charge in [-0.1, -0.05) is 24.3 Å². The van der Waals surface area contributed by atoms with Crippen molar-refractivity contribution in [3.63, 3.8) is 0 Å². The summed E-state index contributed by atoms with van der Waals surface area (Å²) >= 11 is 0. The molecule has 9 heteroatoms. The molecule has 0 bridgehead atoms. The van der Waals surface area contributed by atoms with Gasteiger partial charge in [0.25, 0.3) is 11.5 Å². The summed E-state index contributed by atoms with van der Waals surface area (Å²) in [5, 5.41) is 20.7. The van der Waals surface area contributed by atoms with Crippen LogP contribution in [0, 0.1) is 12.3 Å². The van der Waals surface area contributed by atoms with Gasteiger partial charge in [0.1, 0.15) is 0 Å². The number of aromatic amines is 1. The lowest BCUT2D eigenvalue weighted by atomic mass is 9.49. The van der Waals surface area contributed by atoms with Crippen molar-refractivity contribution in [1.82, 2.24) is 34.9 Å². The first-order chi connectivity index (χ1) is 17.9. The summed E-state index contributed by atoms with van der Waals surface area (Å²) in [6.07, 6.45) is 9.45. The minimum Gasteiger partial charge on any atom is -0.349 e. The van der Waals surface area contributed by atoms with Gasteiger partial charge in [-0.2, -0.15) is 15.3 Å². The molecule has 4 heterocycles. The number of pyridine rings is 1. The van der Waals surface area contributed by atoms with Crippen LogP contribution in [0.25, 0.3) is 27.4 Å². The summed E-state index contributed by atoms with van der Waals surface area (Å²) in [7, 11) is 1.92. The van der Waals surface area contributed by atoms with E-state index in [2.05, 4.69) is 25.7 Å². The number of fused-ring (bicyclic) bond motifs is 2. The Bertz CT molecular complexity index is 1750. The smallest absolute Gasteiger partial charge is 0.272 e. The number of carbonyl (C=O) groups is 1. The standard InChI is InChI=1S/C28H27N7O2/c1-16-22(13-29-34(16)2)17-7-8-24-23(14-30-35(24)15-17)26(36)31-19-11-28(12-19)9-18(10-28)25-20-5-3-4-6-21(20)27(37)33-32-25/h3-8,13-15,18-19H,9-12H2,1-2H3,(H,31,36)(H,33,37)/t18-,19-,28?. The van der Waals surface area contributed by atoms with E-state index in [4.69, 9.17) is 0 Å². The van der Waals surface area contributed by atoms with Crippen LogP contribution in [0.5, 0.6) is 0 Å². The first-order valence-electron chi connectivity index (χ1n) is 12.7. The Hall–Kier alpha value is -4.27. The fourth-order valence-electron chi connectivity index (χ4n) is 6.41. The van der Waals surface area contributed by atoms with Gasteiger partial charge in [0.15, 0.2) is 0 Å². The van der Waals surface area contributed by atoms with Gasteiger partial charge >= 0.3 is 0 Å². The molecule has 2 aliphatic carbocycles. The molecule has 7 rings (SSSR count). The Balaban J connectivity index is 1.01. The Morgan fingerprint density at radius 2 is 1.84 bits per heavy atom. The molecule has 0 atom stereocenters. The summed E-state index contributed by atoms with van der Waals surface area (Å²) < 4.78 is 3.60. The van der Waals surface area contributed by atoms with E-state index in [1.54, 1.807) is 10.7 Å². The van der Waals surface area contributed by atoms with Crippen LogP contribution in [0.3, 0.4) is 0 Å². The first-order valence-corrected chi connectivity index (χ1v) is 12.7. The third kappa shape index (κ3) is 3.41. The van der Waals surface area contributed by atoms with E-state index >= 15 is 0 Å². The van der Waals surface area contributed by atoms with Gasteiger partial charge in [-0.3, -0.25) is 14.3 Å². The van der Waals surface area contributed by atoms with Gasteiger partial charge < -0.3 is 5.32 Å². The summed E-state index contributed by atoms with van der Waals surface area (Å²) in [5.74, 6) is 0.264. The van der Waals surface area contributed by atoms with Crippen LogP contribution >= 0.6 is 0 Å². The van der Waals surface area contributed by atoms with Crippen LogP contribution < -0.4 is 10.9 Å². The molecule has 9 nitrogen and oxygen atoms in total. The lowest BCUT2D eigenvalue weighted by Crippen LogP contribution is -2.55. The monoisotopic (exact) mass is 493 g/mol. The van der Waals surface area contributed by atoms with Gasteiger partial charge in [-0.15, -0.1) is 0 Å². The predicted molar refractivity (Wildman–Crippen MR) is 139 cm³/mol. The van der Waals surface area contributed by atoms with Gasteiger partial charge in [0.2, 0.25) is 0 Å². The molecule has 0 aliphatic heterocycles. The molecule has 2 fully saturated rings. The number of hydrogen-bond acceptors (Lipinski definition) is 5. The highest BCUT2D eigenvalue weighted by Gasteiger charge is 2.54. The number of rotatable bonds is 4. The molecule has 0 saturated heterocycles. The predicted octanol–water partition coefficient (Wildman–Crippen LogP) is 3.74. The van der Waals surface area contributed by atoms with Crippen molar-refractivity contribution in [2.75, 3.05) is 0 Å². The van der Waals surface area contributed by atoms with Crippen molar-refractivity contribution in [3.05, 3.63) is 82.3 Å².